The molecule has 0 spiro atoms. The van der Waals surface area contributed by atoms with Crippen LogP contribution in [0.1, 0.15) is 87.0 Å². The van der Waals surface area contributed by atoms with Gasteiger partial charge >= 0.3 is 0 Å². The number of rotatable bonds is 6. The average Bonchev–Trinajstić information content (AvgIpc) is 2.94. The van der Waals surface area contributed by atoms with E-state index in [4.69, 9.17) is 4.52 Å². The largest absolute Gasteiger partial charge is 0.361 e. The summed E-state index contributed by atoms with van der Waals surface area (Å²) in [5, 5.41) is 7.52. The molecule has 4 heteroatoms. The van der Waals surface area contributed by atoms with Crippen LogP contribution in [0.2, 0.25) is 0 Å². The molecular weight excluding hydrogens is 312 g/mol. The van der Waals surface area contributed by atoms with E-state index >= 15 is 0 Å². The first-order valence-corrected chi connectivity index (χ1v) is 10.3. The van der Waals surface area contributed by atoms with Crippen LogP contribution in [0, 0.1) is 30.1 Å². The Kier molecular flexibility index (Phi) is 4.41. The molecule has 0 unspecified atom stereocenters. The number of hydrogen-bond donors (Lipinski definition) is 1. The van der Waals surface area contributed by atoms with Crippen LogP contribution < -0.4 is 5.32 Å². The number of carbonyl (C=O) groups is 1. The normalized spacial score (nSPS) is 34.3. The molecule has 1 atom stereocenters. The molecule has 4 nitrogen and oxygen atoms in total. The minimum atomic E-state index is 0.0322. The summed E-state index contributed by atoms with van der Waals surface area (Å²) in [6.45, 7) is 6.11. The molecule has 4 aliphatic carbocycles. The first-order chi connectivity index (χ1) is 12.0. The van der Waals surface area contributed by atoms with Crippen LogP contribution in [-0.2, 0) is 6.42 Å². The van der Waals surface area contributed by atoms with Crippen molar-refractivity contribution in [1.82, 2.24) is 10.5 Å². The number of hydrogen-bond acceptors (Lipinski definition) is 3. The van der Waals surface area contributed by atoms with Gasteiger partial charge in [-0.3, -0.25) is 4.79 Å². The molecule has 1 N–H and O–H groups in total. The zero-order valence-corrected chi connectivity index (χ0v) is 15.9. The van der Waals surface area contributed by atoms with Crippen molar-refractivity contribution in [2.75, 3.05) is 0 Å². The van der Waals surface area contributed by atoms with E-state index in [0.717, 1.165) is 42.7 Å². The molecule has 0 aromatic carbocycles. The zero-order valence-electron chi connectivity index (χ0n) is 15.9. The third-order valence-corrected chi connectivity index (χ3v) is 7.20. The lowest BCUT2D eigenvalue weighted by Gasteiger charge is -2.59. The summed E-state index contributed by atoms with van der Waals surface area (Å²) in [5.74, 6) is 3.41. The van der Waals surface area contributed by atoms with Gasteiger partial charge in [-0.05, 0) is 81.5 Å². The molecule has 1 amide bonds. The molecule has 0 aliphatic heterocycles. The van der Waals surface area contributed by atoms with Crippen molar-refractivity contribution in [3.05, 3.63) is 17.0 Å². The summed E-state index contributed by atoms with van der Waals surface area (Å²) < 4.78 is 5.29. The van der Waals surface area contributed by atoms with Crippen molar-refractivity contribution in [1.29, 1.82) is 0 Å². The van der Waals surface area contributed by atoms with Gasteiger partial charge in [0.2, 0.25) is 0 Å². The molecular formula is C21H32N2O2. The highest BCUT2D eigenvalue weighted by Crippen LogP contribution is 2.61. The molecule has 4 bridgehead atoms. The molecule has 138 valence electrons. The highest BCUT2D eigenvalue weighted by atomic mass is 16.5. The van der Waals surface area contributed by atoms with Gasteiger partial charge in [0.1, 0.15) is 11.3 Å². The maximum Gasteiger partial charge on any atom is 0.257 e. The Hall–Kier alpha value is -1.32. The van der Waals surface area contributed by atoms with E-state index in [1.807, 2.05) is 13.8 Å². The van der Waals surface area contributed by atoms with Crippen molar-refractivity contribution in [3.63, 3.8) is 0 Å². The third-order valence-electron chi connectivity index (χ3n) is 7.20. The predicted octanol–water partition coefficient (Wildman–Crippen LogP) is 4.66. The van der Waals surface area contributed by atoms with Gasteiger partial charge in [-0.25, -0.2) is 0 Å². The number of nitrogens with zero attached hydrogens (tertiary/aromatic N) is 1. The van der Waals surface area contributed by atoms with Crippen molar-refractivity contribution >= 4 is 5.91 Å². The fourth-order valence-corrected chi connectivity index (χ4v) is 6.61. The summed E-state index contributed by atoms with van der Waals surface area (Å²) in [6.07, 6.45) is 11.2. The fourth-order valence-electron chi connectivity index (χ4n) is 6.61. The van der Waals surface area contributed by atoms with Gasteiger partial charge in [0.05, 0.1) is 5.69 Å². The first kappa shape index (κ1) is 17.1. The second-order valence-electron chi connectivity index (χ2n) is 9.01. The fraction of sp³-hybridized carbons (Fsp3) is 0.810. The molecule has 0 saturated heterocycles. The van der Waals surface area contributed by atoms with Crippen LogP contribution in [0.25, 0.3) is 0 Å². The summed E-state index contributed by atoms with van der Waals surface area (Å²) in [5.41, 5.74) is 1.81. The van der Waals surface area contributed by atoms with E-state index < -0.39 is 0 Å². The Morgan fingerprint density at radius 2 is 1.80 bits per heavy atom. The van der Waals surface area contributed by atoms with Crippen molar-refractivity contribution in [3.8, 4) is 0 Å². The summed E-state index contributed by atoms with van der Waals surface area (Å²) in [6, 6.07) is 0.303. The maximum absolute atomic E-state index is 13.1. The van der Waals surface area contributed by atoms with E-state index in [1.165, 1.54) is 38.5 Å². The minimum Gasteiger partial charge on any atom is -0.361 e. The quantitative estimate of drug-likeness (QED) is 0.816. The maximum atomic E-state index is 13.1. The van der Waals surface area contributed by atoms with E-state index in [0.29, 0.717) is 22.8 Å². The lowest BCUT2D eigenvalue weighted by Crippen LogP contribution is -2.57. The molecule has 25 heavy (non-hydrogen) atoms. The molecule has 1 heterocycles. The molecule has 1 aromatic rings. The van der Waals surface area contributed by atoms with Crippen molar-refractivity contribution in [2.45, 2.75) is 84.6 Å². The zero-order chi connectivity index (χ0) is 17.6. The topological polar surface area (TPSA) is 55.1 Å². The van der Waals surface area contributed by atoms with Gasteiger partial charge in [0, 0.05) is 6.04 Å². The van der Waals surface area contributed by atoms with Crippen LogP contribution in [0.4, 0.5) is 0 Å². The SMILES string of the molecule is CCC[C@@H](NC(=O)c1c(CC)noc1C)C12CC3CC(CC(C3)C1)C2. The Morgan fingerprint density at radius 3 is 2.32 bits per heavy atom. The van der Waals surface area contributed by atoms with Crippen LogP contribution in [0.15, 0.2) is 4.52 Å². The number of aromatic nitrogens is 1. The highest BCUT2D eigenvalue weighted by Gasteiger charge is 2.54. The minimum absolute atomic E-state index is 0.0322. The number of carbonyl (C=O) groups excluding carboxylic acids is 1. The van der Waals surface area contributed by atoms with E-state index in [-0.39, 0.29) is 5.91 Å². The van der Waals surface area contributed by atoms with Gasteiger partial charge in [-0.1, -0.05) is 25.4 Å². The Bertz CT molecular complexity index is 613. The standard InChI is InChI=1S/C21H32N2O2/c1-4-6-18(22-20(24)19-13(3)25-23-17(19)5-2)21-10-14-7-15(11-21)9-16(8-14)12-21/h14-16,18H,4-12H2,1-3H3,(H,22,24)/t14?,15?,16?,18-,21?/m1/s1. The molecule has 5 rings (SSSR count). The second kappa shape index (κ2) is 6.44. The Morgan fingerprint density at radius 1 is 1.20 bits per heavy atom. The van der Waals surface area contributed by atoms with Gasteiger partial charge in [0.15, 0.2) is 0 Å². The monoisotopic (exact) mass is 344 g/mol. The lowest BCUT2D eigenvalue weighted by molar-refractivity contribution is -0.0736. The summed E-state index contributed by atoms with van der Waals surface area (Å²) in [4.78, 5) is 13.1. The molecule has 4 aliphatic rings. The summed E-state index contributed by atoms with van der Waals surface area (Å²) in [7, 11) is 0. The third kappa shape index (κ3) is 2.92. The Labute approximate surface area is 151 Å². The van der Waals surface area contributed by atoms with Crippen LogP contribution in [0.3, 0.4) is 0 Å². The average molecular weight is 344 g/mol. The predicted molar refractivity (Wildman–Crippen MR) is 97.4 cm³/mol. The van der Waals surface area contributed by atoms with Gasteiger partial charge in [0.25, 0.3) is 5.91 Å². The molecule has 0 radical (unpaired) electrons. The van der Waals surface area contributed by atoms with Gasteiger partial charge in [-0.2, -0.15) is 0 Å². The Balaban J connectivity index is 1.57. The van der Waals surface area contributed by atoms with Crippen LogP contribution >= 0.6 is 0 Å². The summed E-state index contributed by atoms with van der Waals surface area (Å²) >= 11 is 0. The molecule has 4 saturated carbocycles. The highest BCUT2D eigenvalue weighted by molar-refractivity contribution is 5.96. The first-order valence-electron chi connectivity index (χ1n) is 10.3. The smallest absolute Gasteiger partial charge is 0.257 e. The molecule has 4 fully saturated rings. The number of aryl methyl sites for hydroxylation is 2. The van der Waals surface area contributed by atoms with Crippen LogP contribution in [-0.4, -0.2) is 17.1 Å². The second-order valence-corrected chi connectivity index (χ2v) is 9.01. The molecule has 1 aromatic heterocycles. The van der Waals surface area contributed by atoms with Crippen molar-refractivity contribution < 1.29 is 9.32 Å². The van der Waals surface area contributed by atoms with E-state index in [9.17, 15) is 4.79 Å². The number of nitrogens with one attached hydrogen (secondary N) is 1. The van der Waals surface area contributed by atoms with Crippen LogP contribution in [0.5, 0.6) is 0 Å². The van der Waals surface area contributed by atoms with Gasteiger partial charge in [-0.15, -0.1) is 0 Å². The lowest BCUT2D eigenvalue weighted by atomic mass is 9.47. The number of amides is 1. The van der Waals surface area contributed by atoms with E-state index in [1.54, 1.807) is 0 Å². The van der Waals surface area contributed by atoms with E-state index in [2.05, 4.69) is 17.4 Å². The van der Waals surface area contributed by atoms with Gasteiger partial charge < -0.3 is 9.84 Å². The van der Waals surface area contributed by atoms with Crippen molar-refractivity contribution in [2.24, 2.45) is 23.2 Å².